The monoisotopic (exact) mass is 523 g/mol. The van der Waals surface area contributed by atoms with Crippen LogP contribution in [0.4, 0.5) is 17.6 Å². The molecule has 1 amide bonds. The van der Waals surface area contributed by atoms with Gasteiger partial charge in [-0.05, 0) is 78.9 Å². The van der Waals surface area contributed by atoms with E-state index in [1.165, 1.54) is 12.1 Å². The van der Waals surface area contributed by atoms with E-state index >= 15 is 0 Å². The van der Waals surface area contributed by atoms with Crippen molar-refractivity contribution in [1.82, 2.24) is 5.32 Å². The largest absolute Gasteiger partial charge is 0.481 e. The fourth-order valence-corrected chi connectivity index (χ4v) is 3.77. The molecule has 0 radical (unpaired) electrons. The van der Waals surface area contributed by atoms with E-state index in [0.29, 0.717) is 23.8 Å². The average Bonchev–Trinajstić information content (AvgIpc) is 2.77. The van der Waals surface area contributed by atoms with Gasteiger partial charge >= 0.3 is 12.1 Å². The van der Waals surface area contributed by atoms with Gasteiger partial charge in [-0.15, -0.1) is 0 Å². The zero-order valence-corrected chi connectivity index (χ0v) is 19.8. The van der Waals surface area contributed by atoms with Crippen LogP contribution in [0.3, 0.4) is 0 Å². The third kappa shape index (κ3) is 7.45. The van der Waals surface area contributed by atoms with Crippen molar-refractivity contribution in [3.8, 4) is 11.5 Å². The van der Waals surface area contributed by atoms with Crippen LogP contribution in [0.15, 0.2) is 54.6 Å². The molecule has 0 aliphatic rings. The van der Waals surface area contributed by atoms with Crippen molar-refractivity contribution in [2.75, 3.05) is 6.54 Å². The van der Waals surface area contributed by atoms with Gasteiger partial charge in [0, 0.05) is 19.0 Å². The number of halogens is 5. The van der Waals surface area contributed by atoms with E-state index in [0.717, 1.165) is 23.3 Å². The molecule has 3 aromatic carbocycles. The highest BCUT2D eigenvalue weighted by Gasteiger charge is 2.31. The van der Waals surface area contributed by atoms with Crippen molar-refractivity contribution in [2.45, 2.75) is 32.4 Å². The maximum atomic E-state index is 14.2. The third-order valence-electron chi connectivity index (χ3n) is 5.33. The first kappa shape index (κ1) is 27.0. The van der Waals surface area contributed by atoms with E-state index in [-0.39, 0.29) is 35.7 Å². The Hall–Kier alpha value is -3.59. The highest BCUT2D eigenvalue weighted by molar-refractivity contribution is 6.33. The van der Waals surface area contributed by atoms with Crippen LogP contribution in [-0.2, 0) is 23.8 Å². The Kier molecular flexibility index (Phi) is 8.57. The van der Waals surface area contributed by atoms with E-state index in [2.05, 4.69) is 5.32 Å². The second-order valence-corrected chi connectivity index (χ2v) is 8.48. The molecule has 0 bridgehead atoms. The maximum Gasteiger partial charge on any atom is 0.416 e. The minimum Gasteiger partial charge on any atom is -0.481 e. The Labute approximate surface area is 209 Å². The molecule has 0 fully saturated rings. The number of rotatable bonds is 9. The zero-order chi connectivity index (χ0) is 26.5. The molecule has 0 saturated heterocycles. The van der Waals surface area contributed by atoms with Gasteiger partial charge in [-0.1, -0.05) is 17.7 Å². The van der Waals surface area contributed by atoms with Gasteiger partial charge in [0.1, 0.15) is 17.3 Å². The number of carbonyl (C=O) groups excluding carboxylic acids is 1. The molecule has 2 N–H and O–H groups in total. The number of hydrogen-bond donors (Lipinski definition) is 2. The van der Waals surface area contributed by atoms with Crippen LogP contribution in [0.5, 0.6) is 11.5 Å². The molecule has 0 atom stereocenters. The smallest absolute Gasteiger partial charge is 0.416 e. The summed E-state index contributed by atoms with van der Waals surface area (Å²) in [5.74, 6) is -1.40. The molecular formula is C26H22ClF4NO4. The van der Waals surface area contributed by atoms with E-state index in [1.807, 2.05) is 6.92 Å². The Morgan fingerprint density at radius 2 is 1.75 bits per heavy atom. The van der Waals surface area contributed by atoms with Gasteiger partial charge < -0.3 is 15.2 Å². The zero-order valence-electron chi connectivity index (χ0n) is 19.1. The van der Waals surface area contributed by atoms with Crippen LogP contribution in [0.25, 0.3) is 0 Å². The summed E-state index contributed by atoms with van der Waals surface area (Å²) in [7, 11) is 0. The minimum absolute atomic E-state index is 0.00983. The Morgan fingerprint density at radius 3 is 2.39 bits per heavy atom. The normalized spacial score (nSPS) is 11.3. The van der Waals surface area contributed by atoms with Crippen molar-refractivity contribution >= 4 is 23.5 Å². The number of aliphatic carboxylic acids is 1. The standard InChI is InChI=1S/C26H22ClF4NO4/c1-15-10-20(5-2-17(15)3-7-24(33)34)36-21-12-16(11-19(28)14-21)8-9-32-25(35)22-6-4-18(13-23(22)27)26(29,30)31/h2,4-6,10-14H,3,7-9H2,1H3,(H,32,35)(H,33,34). The van der Waals surface area contributed by atoms with Crippen molar-refractivity contribution < 1.29 is 37.0 Å². The summed E-state index contributed by atoms with van der Waals surface area (Å²) >= 11 is 5.84. The van der Waals surface area contributed by atoms with Crippen LogP contribution in [0.1, 0.15) is 39.0 Å². The Bertz CT molecular complexity index is 1280. The second-order valence-electron chi connectivity index (χ2n) is 8.08. The molecule has 0 unspecified atom stereocenters. The maximum absolute atomic E-state index is 14.2. The lowest BCUT2D eigenvalue weighted by atomic mass is 10.0. The molecule has 3 rings (SSSR count). The molecule has 0 saturated carbocycles. The molecule has 190 valence electrons. The topological polar surface area (TPSA) is 75.6 Å². The number of carboxylic acids is 1. The third-order valence-corrected chi connectivity index (χ3v) is 5.64. The number of benzene rings is 3. The average molecular weight is 524 g/mol. The number of alkyl halides is 3. The van der Waals surface area contributed by atoms with E-state index in [1.54, 1.807) is 24.3 Å². The van der Waals surface area contributed by atoms with Gasteiger partial charge in [-0.2, -0.15) is 13.2 Å². The molecular weight excluding hydrogens is 502 g/mol. The van der Waals surface area contributed by atoms with E-state index < -0.39 is 29.4 Å². The highest BCUT2D eigenvalue weighted by atomic mass is 35.5. The van der Waals surface area contributed by atoms with Gasteiger partial charge in [0.05, 0.1) is 16.1 Å². The number of aryl methyl sites for hydroxylation is 2. The molecule has 0 aliphatic heterocycles. The SMILES string of the molecule is Cc1cc(Oc2cc(F)cc(CCNC(=O)c3ccc(C(F)(F)F)cc3Cl)c2)ccc1CCC(=O)O. The fraction of sp³-hybridized carbons (Fsp3) is 0.231. The van der Waals surface area contributed by atoms with Gasteiger partial charge in [-0.25, -0.2) is 4.39 Å². The predicted octanol–water partition coefficient (Wildman–Crippen LogP) is 6.59. The number of hydrogen-bond acceptors (Lipinski definition) is 3. The van der Waals surface area contributed by atoms with E-state index in [9.17, 15) is 27.2 Å². The summed E-state index contributed by atoms with van der Waals surface area (Å²) in [5, 5.41) is 11.1. The summed E-state index contributed by atoms with van der Waals surface area (Å²) in [4.78, 5) is 23.1. The summed E-state index contributed by atoms with van der Waals surface area (Å²) in [6.45, 7) is 1.91. The highest BCUT2D eigenvalue weighted by Crippen LogP contribution is 2.32. The van der Waals surface area contributed by atoms with Gasteiger partial charge in [0.2, 0.25) is 0 Å². The van der Waals surface area contributed by atoms with Crippen molar-refractivity contribution in [2.24, 2.45) is 0 Å². The van der Waals surface area contributed by atoms with Crippen LogP contribution in [0, 0.1) is 12.7 Å². The summed E-state index contributed by atoms with van der Waals surface area (Å²) in [5.41, 5.74) is 1.18. The first-order valence-corrected chi connectivity index (χ1v) is 11.2. The molecule has 0 aromatic heterocycles. The number of nitrogens with one attached hydrogen (secondary N) is 1. The van der Waals surface area contributed by atoms with Crippen molar-refractivity contribution in [3.63, 3.8) is 0 Å². The van der Waals surface area contributed by atoms with Crippen LogP contribution >= 0.6 is 11.6 Å². The molecule has 10 heteroatoms. The summed E-state index contributed by atoms with van der Waals surface area (Å²) < 4.78 is 58.2. The van der Waals surface area contributed by atoms with Gasteiger partial charge in [0.15, 0.2) is 0 Å². The number of amides is 1. The molecule has 3 aromatic rings. The predicted molar refractivity (Wildman–Crippen MR) is 126 cm³/mol. The molecule has 5 nitrogen and oxygen atoms in total. The Morgan fingerprint density at radius 1 is 1.00 bits per heavy atom. The first-order valence-electron chi connectivity index (χ1n) is 10.9. The van der Waals surface area contributed by atoms with Crippen LogP contribution in [-0.4, -0.2) is 23.5 Å². The first-order chi connectivity index (χ1) is 16.9. The molecule has 0 aliphatic carbocycles. The van der Waals surface area contributed by atoms with Gasteiger partial charge in [-0.3, -0.25) is 9.59 Å². The lowest BCUT2D eigenvalue weighted by Crippen LogP contribution is -2.26. The fourth-order valence-electron chi connectivity index (χ4n) is 3.51. The molecule has 36 heavy (non-hydrogen) atoms. The quantitative estimate of drug-likeness (QED) is 0.310. The van der Waals surface area contributed by atoms with Crippen molar-refractivity contribution in [3.05, 3.63) is 93.3 Å². The van der Waals surface area contributed by atoms with Gasteiger partial charge in [0.25, 0.3) is 5.91 Å². The molecule has 0 spiro atoms. The summed E-state index contributed by atoms with van der Waals surface area (Å²) in [6.07, 6.45) is -3.95. The lowest BCUT2D eigenvalue weighted by Gasteiger charge is -2.12. The van der Waals surface area contributed by atoms with E-state index in [4.69, 9.17) is 21.4 Å². The number of carbonyl (C=O) groups is 2. The Balaban J connectivity index is 1.61. The van der Waals surface area contributed by atoms with Crippen LogP contribution in [0.2, 0.25) is 5.02 Å². The summed E-state index contributed by atoms with van der Waals surface area (Å²) in [6, 6.07) is 11.7. The molecule has 0 heterocycles. The van der Waals surface area contributed by atoms with Crippen LogP contribution < -0.4 is 10.1 Å². The minimum atomic E-state index is -4.57. The second kappa shape index (κ2) is 11.4. The number of carboxylic acid groups (broad SMARTS) is 1. The number of ether oxygens (including phenoxy) is 1. The van der Waals surface area contributed by atoms with Crippen molar-refractivity contribution in [1.29, 1.82) is 0 Å². The lowest BCUT2D eigenvalue weighted by molar-refractivity contribution is -0.138.